The Morgan fingerprint density at radius 1 is 0.528 bits per heavy atom. The van der Waals surface area contributed by atoms with Crippen LogP contribution in [0.25, 0.3) is 0 Å². The Morgan fingerprint density at radius 3 is 1.31 bits per heavy atom. The Labute approximate surface area is 226 Å². The molecule has 0 rings (SSSR count). The molecule has 36 heavy (non-hydrogen) atoms. The van der Waals surface area contributed by atoms with E-state index in [1.807, 2.05) is 0 Å². The minimum absolute atomic E-state index is 0.482. The fraction of sp³-hybridized carbons (Fsp3) is 0.909. The monoisotopic (exact) mass is 508 g/mol. The fourth-order valence-corrected chi connectivity index (χ4v) is 4.59. The minimum Gasteiger partial charge on any atom is -0.434 e. The smallest absolute Gasteiger partial charge is 0.434 e. The molecule has 0 bridgehead atoms. The van der Waals surface area contributed by atoms with E-state index in [0.29, 0.717) is 13.2 Å². The van der Waals surface area contributed by atoms with Gasteiger partial charge in [0.15, 0.2) is 0 Å². The highest BCUT2D eigenvalue weighted by atomic mass is 16.7. The topological polar surface area (TPSA) is 35.5 Å². The Bertz CT molecular complexity index is 458. The van der Waals surface area contributed by atoms with Crippen LogP contribution in [0.2, 0.25) is 0 Å². The van der Waals surface area contributed by atoms with Crippen LogP contribution in [0.1, 0.15) is 175 Å². The summed E-state index contributed by atoms with van der Waals surface area (Å²) in [5, 5.41) is 0. The Morgan fingerprint density at radius 2 is 0.889 bits per heavy atom. The van der Waals surface area contributed by atoms with Gasteiger partial charge < -0.3 is 9.47 Å². The lowest BCUT2D eigenvalue weighted by Gasteiger charge is -2.07. The molecule has 0 aliphatic carbocycles. The summed E-state index contributed by atoms with van der Waals surface area (Å²) < 4.78 is 10.4. The largest absolute Gasteiger partial charge is 0.508 e. The lowest BCUT2D eigenvalue weighted by molar-refractivity contribution is 0.0529. The molecule has 0 aromatic rings. The first-order chi connectivity index (χ1) is 17.7. The predicted molar refractivity (Wildman–Crippen MR) is 158 cm³/mol. The number of ether oxygens (including phenoxy) is 2. The number of allylic oxidation sites excluding steroid dienone is 2. The zero-order valence-corrected chi connectivity index (χ0v) is 24.8. The summed E-state index contributed by atoms with van der Waals surface area (Å²) in [5.41, 5.74) is 0. The van der Waals surface area contributed by atoms with Crippen molar-refractivity contribution in [2.75, 3.05) is 13.2 Å². The number of rotatable bonds is 28. The Hall–Kier alpha value is -0.990. The summed E-state index contributed by atoms with van der Waals surface area (Å²) in [7, 11) is 0. The van der Waals surface area contributed by atoms with Crippen molar-refractivity contribution < 1.29 is 14.3 Å². The number of unbranched alkanes of at least 4 members (excludes halogenated alkanes) is 20. The molecular formula is C33H64O3. The van der Waals surface area contributed by atoms with Crippen molar-refractivity contribution >= 4 is 6.16 Å². The highest BCUT2D eigenvalue weighted by Crippen LogP contribution is 2.13. The second-order valence-electron chi connectivity index (χ2n) is 11.2. The second kappa shape index (κ2) is 30.2. The van der Waals surface area contributed by atoms with Crippen LogP contribution in [0, 0.1) is 5.92 Å². The van der Waals surface area contributed by atoms with Crippen molar-refractivity contribution in [1.29, 1.82) is 0 Å². The van der Waals surface area contributed by atoms with Gasteiger partial charge in [-0.2, -0.15) is 0 Å². The predicted octanol–water partition coefficient (Wildman–Crippen LogP) is 11.7. The third kappa shape index (κ3) is 31.0. The molecule has 0 amide bonds. The highest BCUT2D eigenvalue weighted by molar-refractivity contribution is 5.59. The molecule has 0 atom stereocenters. The van der Waals surface area contributed by atoms with Crippen molar-refractivity contribution in [2.24, 2.45) is 5.92 Å². The van der Waals surface area contributed by atoms with Crippen molar-refractivity contribution in [1.82, 2.24) is 0 Å². The molecule has 0 unspecified atom stereocenters. The molecule has 0 N–H and O–H groups in total. The first-order valence-electron chi connectivity index (χ1n) is 16.1. The van der Waals surface area contributed by atoms with E-state index in [0.717, 1.165) is 31.6 Å². The molecule has 0 aromatic carbocycles. The van der Waals surface area contributed by atoms with Crippen LogP contribution in [0.15, 0.2) is 12.2 Å². The quantitative estimate of drug-likeness (QED) is 0.0598. The molecule has 214 valence electrons. The second-order valence-corrected chi connectivity index (χ2v) is 11.2. The number of hydrogen-bond donors (Lipinski definition) is 0. The summed E-state index contributed by atoms with van der Waals surface area (Å²) in [6.07, 6.45) is 35.2. The van der Waals surface area contributed by atoms with Gasteiger partial charge in [-0.15, -0.1) is 0 Å². The standard InChI is InChI=1S/C33H64O3/c1-4-5-6-7-8-9-10-11-12-13-14-15-18-21-24-27-30-35-33(34)36-31-28-25-22-19-16-17-20-23-26-29-32(2)3/h11-12,32H,4-10,13-31H2,1-3H3. The van der Waals surface area contributed by atoms with Gasteiger partial charge in [0.05, 0.1) is 13.2 Å². The van der Waals surface area contributed by atoms with Crippen LogP contribution in [-0.2, 0) is 9.47 Å². The third-order valence-electron chi connectivity index (χ3n) is 7.02. The summed E-state index contributed by atoms with van der Waals surface area (Å²) >= 11 is 0. The van der Waals surface area contributed by atoms with E-state index < -0.39 is 6.16 Å². The van der Waals surface area contributed by atoms with Gasteiger partial charge in [0.1, 0.15) is 0 Å². The van der Waals surface area contributed by atoms with E-state index in [2.05, 4.69) is 32.9 Å². The van der Waals surface area contributed by atoms with Crippen molar-refractivity contribution in [3.8, 4) is 0 Å². The Balaban J connectivity index is 3.20. The fourth-order valence-electron chi connectivity index (χ4n) is 4.59. The summed E-state index contributed by atoms with van der Waals surface area (Å²) in [6.45, 7) is 7.89. The van der Waals surface area contributed by atoms with Gasteiger partial charge in [-0.05, 0) is 44.4 Å². The molecule has 0 aliphatic rings. The van der Waals surface area contributed by atoms with E-state index >= 15 is 0 Å². The minimum atomic E-state index is -0.482. The molecule has 3 heteroatoms. The van der Waals surface area contributed by atoms with E-state index in [4.69, 9.17) is 9.47 Å². The highest BCUT2D eigenvalue weighted by Gasteiger charge is 2.03. The summed E-state index contributed by atoms with van der Waals surface area (Å²) in [4.78, 5) is 11.7. The molecule has 0 spiro atoms. The average molecular weight is 509 g/mol. The van der Waals surface area contributed by atoms with Gasteiger partial charge in [0.2, 0.25) is 0 Å². The van der Waals surface area contributed by atoms with Crippen LogP contribution in [-0.4, -0.2) is 19.4 Å². The van der Waals surface area contributed by atoms with Crippen LogP contribution < -0.4 is 0 Å². The van der Waals surface area contributed by atoms with Gasteiger partial charge in [0, 0.05) is 0 Å². The van der Waals surface area contributed by atoms with Crippen LogP contribution in [0.4, 0.5) is 4.79 Å². The molecule has 0 heterocycles. The van der Waals surface area contributed by atoms with Crippen molar-refractivity contribution in [3.05, 3.63) is 12.2 Å². The van der Waals surface area contributed by atoms with Crippen LogP contribution >= 0.6 is 0 Å². The average Bonchev–Trinajstić information content (AvgIpc) is 2.86. The number of carbonyl (C=O) groups excluding carboxylic acids is 1. The lowest BCUT2D eigenvalue weighted by Crippen LogP contribution is -2.09. The maximum atomic E-state index is 11.7. The lowest BCUT2D eigenvalue weighted by atomic mass is 10.0. The number of hydrogen-bond acceptors (Lipinski definition) is 3. The summed E-state index contributed by atoms with van der Waals surface area (Å²) in [6, 6.07) is 0. The molecule has 0 saturated carbocycles. The molecule has 3 nitrogen and oxygen atoms in total. The third-order valence-corrected chi connectivity index (χ3v) is 7.02. The van der Waals surface area contributed by atoms with Gasteiger partial charge >= 0.3 is 6.16 Å². The zero-order chi connectivity index (χ0) is 26.4. The summed E-state index contributed by atoms with van der Waals surface area (Å²) in [5.74, 6) is 0.849. The molecule has 0 radical (unpaired) electrons. The molecule has 0 aromatic heterocycles. The normalized spacial score (nSPS) is 11.6. The van der Waals surface area contributed by atoms with Crippen molar-refractivity contribution in [3.63, 3.8) is 0 Å². The molecule has 0 fully saturated rings. The zero-order valence-electron chi connectivity index (χ0n) is 24.8. The number of carbonyl (C=O) groups is 1. The first-order valence-corrected chi connectivity index (χ1v) is 16.1. The maximum absolute atomic E-state index is 11.7. The maximum Gasteiger partial charge on any atom is 0.508 e. The van der Waals surface area contributed by atoms with Gasteiger partial charge in [-0.3, -0.25) is 0 Å². The van der Waals surface area contributed by atoms with Crippen molar-refractivity contribution in [2.45, 2.75) is 175 Å². The van der Waals surface area contributed by atoms with E-state index in [1.165, 1.54) is 128 Å². The van der Waals surface area contributed by atoms with E-state index in [-0.39, 0.29) is 0 Å². The van der Waals surface area contributed by atoms with E-state index in [9.17, 15) is 4.79 Å². The first kappa shape index (κ1) is 35.0. The molecular weight excluding hydrogens is 444 g/mol. The van der Waals surface area contributed by atoms with Crippen LogP contribution in [0.5, 0.6) is 0 Å². The van der Waals surface area contributed by atoms with Gasteiger partial charge in [-0.25, -0.2) is 4.79 Å². The molecule has 0 aliphatic heterocycles. The van der Waals surface area contributed by atoms with Gasteiger partial charge in [-0.1, -0.05) is 148 Å². The Kier molecular flexibility index (Phi) is 29.4. The SMILES string of the molecule is CCCCCCCCC=CCCCCCCCCOC(=O)OCCCCCCCCCCCC(C)C. The van der Waals surface area contributed by atoms with Gasteiger partial charge in [0.25, 0.3) is 0 Å². The van der Waals surface area contributed by atoms with E-state index in [1.54, 1.807) is 0 Å². The van der Waals surface area contributed by atoms with Crippen LogP contribution in [0.3, 0.4) is 0 Å². The molecule has 0 saturated heterocycles.